The number of aromatic nitrogens is 4. The molecule has 4 nitrogen and oxygen atoms in total. The third-order valence-electron chi connectivity index (χ3n) is 2.30. The molecule has 0 aliphatic heterocycles. The van der Waals surface area contributed by atoms with Gasteiger partial charge in [0, 0.05) is 0 Å². The number of alkyl halides is 1. The molecule has 0 spiro atoms. The Kier molecular flexibility index (Phi) is 4.58. The van der Waals surface area contributed by atoms with E-state index in [9.17, 15) is 0 Å². The van der Waals surface area contributed by atoms with Gasteiger partial charge in [0.15, 0.2) is 5.01 Å². The molecule has 1 unspecified atom stereocenters. The molecule has 0 saturated carbocycles. The number of hydrogen-bond acceptors (Lipinski definition) is 6. The molecule has 0 radical (unpaired) electrons. The number of halogens is 1. The maximum Gasteiger partial charge on any atom is 0.161 e. The molecule has 17 heavy (non-hydrogen) atoms. The monoisotopic (exact) mass is 332 g/mol. The average molecular weight is 333 g/mol. The van der Waals surface area contributed by atoms with Crippen LogP contribution in [0.5, 0.6) is 0 Å². The van der Waals surface area contributed by atoms with Crippen molar-refractivity contribution >= 4 is 38.8 Å². The molecule has 0 aliphatic rings. The van der Waals surface area contributed by atoms with Crippen LogP contribution >= 0.6 is 38.8 Å². The summed E-state index contributed by atoms with van der Waals surface area (Å²) >= 11 is 6.62. The molecule has 0 aliphatic carbocycles. The lowest BCUT2D eigenvalue weighted by molar-refractivity contribution is 0.865. The summed E-state index contributed by atoms with van der Waals surface area (Å²) in [5, 5.41) is 14.6. The number of hydrogen-bond donors (Lipinski definition) is 0. The number of nitrogens with zero attached hydrogens (tertiary/aromatic N) is 4. The zero-order chi connectivity index (χ0) is 12.3. The molecule has 2 rings (SSSR count). The molecule has 0 fully saturated rings. The number of rotatable bonds is 5. The minimum absolute atomic E-state index is 0.296. The highest BCUT2D eigenvalue weighted by molar-refractivity contribution is 9.09. The highest BCUT2D eigenvalue weighted by Crippen LogP contribution is 2.35. The van der Waals surface area contributed by atoms with Crippen molar-refractivity contribution in [3.63, 3.8) is 0 Å². The van der Waals surface area contributed by atoms with Crippen LogP contribution in [0.1, 0.15) is 42.2 Å². The van der Waals surface area contributed by atoms with Gasteiger partial charge in [-0.25, -0.2) is 0 Å². The van der Waals surface area contributed by atoms with Crippen LogP contribution < -0.4 is 0 Å². The van der Waals surface area contributed by atoms with E-state index >= 15 is 0 Å². The standard InChI is InChI=1S/C10H13BrN4S2/c1-3-5-7-8(17-15-12-7)10-14-13-9(16-10)6(11)4-2/h6H,3-5H2,1-2H3. The van der Waals surface area contributed by atoms with Crippen LogP contribution in [0, 0.1) is 0 Å². The fraction of sp³-hybridized carbons (Fsp3) is 0.600. The Labute approximate surface area is 117 Å². The van der Waals surface area contributed by atoms with E-state index in [-0.39, 0.29) is 0 Å². The summed E-state index contributed by atoms with van der Waals surface area (Å²) in [7, 11) is 0. The Morgan fingerprint density at radius 1 is 1.24 bits per heavy atom. The predicted octanol–water partition coefficient (Wildman–Crippen LogP) is 3.86. The van der Waals surface area contributed by atoms with E-state index in [1.807, 2.05) is 0 Å². The highest BCUT2D eigenvalue weighted by atomic mass is 79.9. The fourth-order valence-corrected chi connectivity index (χ4v) is 3.46. The molecule has 0 saturated heterocycles. The van der Waals surface area contributed by atoms with Crippen molar-refractivity contribution in [2.45, 2.75) is 37.9 Å². The second-order valence-corrected chi connectivity index (χ2v) is 6.49. The van der Waals surface area contributed by atoms with Crippen molar-refractivity contribution in [1.29, 1.82) is 0 Å². The second-order valence-electron chi connectivity index (χ2n) is 3.62. The molecule has 2 heterocycles. The van der Waals surface area contributed by atoms with Crippen LogP contribution in [0.3, 0.4) is 0 Å². The molecular formula is C10H13BrN4S2. The highest BCUT2D eigenvalue weighted by Gasteiger charge is 2.17. The Morgan fingerprint density at radius 3 is 2.76 bits per heavy atom. The third kappa shape index (κ3) is 2.89. The van der Waals surface area contributed by atoms with Crippen molar-refractivity contribution < 1.29 is 0 Å². The van der Waals surface area contributed by atoms with E-state index in [4.69, 9.17) is 0 Å². The minimum atomic E-state index is 0.296. The van der Waals surface area contributed by atoms with Crippen LogP contribution in [0.15, 0.2) is 0 Å². The number of aryl methyl sites for hydroxylation is 1. The normalized spacial score (nSPS) is 12.9. The van der Waals surface area contributed by atoms with Crippen molar-refractivity contribution in [3.05, 3.63) is 10.7 Å². The van der Waals surface area contributed by atoms with Crippen molar-refractivity contribution in [2.75, 3.05) is 0 Å². The van der Waals surface area contributed by atoms with Gasteiger partial charge in [0.2, 0.25) is 0 Å². The van der Waals surface area contributed by atoms with E-state index < -0.39 is 0 Å². The van der Waals surface area contributed by atoms with Gasteiger partial charge in [0.05, 0.1) is 10.5 Å². The van der Waals surface area contributed by atoms with E-state index in [2.05, 4.69) is 49.6 Å². The average Bonchev–Trinajstić information content (AvgIpc) is 2.96. The predicted molar refractivity (Wildman–Crippen MR) is 74.8 cm³/mol. The summed E-state index contributed by atoms with van der Waals surface area (Å²) < 4.78 is 4.01. The van der Waals surface area contributed by atoms with Crippen molar-refractivity contribution in [1.82, 2.24) is 19.8 Å². The molecule has 0 bridgehead atoms. The summed E-state index contributed by atoms with van der Waals surface area (Å²) in [5.74, 6) is 0. The van der Waals surface area contributed by atoms with Gasteiger partial charge in [-0.05, 0) is 24.4 Å². The van der Waals surface area contributed by atoms with E-state index in [0.717, 1.165) is 39.8 Å². The largest absolute Gasteiger partial charge is 0.161 e. The lowest BCUT2D eigenvalue weighted by Gasteiger charge is -1.98. The molecular weight excluding hydrogens is 320 g/mol. The molecule has 0 amide bonds. The first-order valence-corrected chi connectivity index (χ1v) is 8.05. The quantitative estimate of drug-likeness (QED) is 0.780. The third-order valence-corrected chi connectivity index (χ3v) is 5.65. The Morgan fingerprint density at radius 2 is 2.06 bits per heavy atom. The Bertz CT molecular complexity index is 482. The fourth-order valence-electron chi connectivity index (χ4n) is 1.40. The summed E-state index contributed by atoms with van der Waals surface area (Å²) in [5.41, 5.74) is 1.04. The molecule has 0 N–H and O–H groups in total. The van der Waals surface area contributed by atoms with Gasteiger partial charge in [-0.15, -0.1) is 15.3 Å². The van der Waals surface area contributed by atoms with E-state index in [1.54, 1.807) is 11.3 Å². The molecule has 2 aromatic rings. The first kappa shape index (κ1) is 13.0. The zero-order valence-electron chi connectivity index (χ0n) is 9.68. The Balaban J connectivity index is 2.27. The summed E-state index contributed by atoms with van der Waals surface area (Å²) in [6.45, 7) is 4.26. The summed E-state index contributed by atoms with van der Waals surface area (Å²) in [6, 6.07) is 0. The Hall–Kier alpha value is -0.400. The molecule has 2 aromatic heterocycles. The lowest BCUT2D eigenvalue weighted by atomic mass is 10.2. The van der Waals surface area contributed by atoms with Gasteiger partial charge in [0.1, 0.15) is 9.88 Å². The maximum atomic E-state index is 4.24. The summed E-state index contributed by atoms with van der Waals surface area (Å²) in [6.07, 6.45) is 3.03. The van der Waals surface area contributed by atoms with Gasteiger partial charge >= 0.3 is 0 Å². The van der Waals surface area contributed by atoms with Crippen molar-refractivity contribution in [2.24, 2.45) is 0 Å². The first-order chi connectivity index (χ1) is 8.26. The topological polar surface area (TPSA) is 51.6 Å². The lowest BCUT2D eigenvalue weighted by Crippen LogP contribution is -1.86. The van der Waals surface area contributed by atoms with Crippen LogP contribution in [0.4, 0.5) is 0 Å². The maximum absolute atomic E-state index is 4.24. The molecule has 7 heteroatoms. The van der Waals surface area contributed by atoms with Gasteiger partial charge in [-0.3, -0.25) is 0 Å². The van der Waals surface area contributed by atoms with Crippen LogP contribution in [0.25, 0.3) is 9.88 Å². The SMILES string of the molecule is CCCc1nnsc1-c1nnc(C(Br)CC)s1. The van der Waals surface area contributed by atoms with Gasteiger partial charge in [-0.2, -0.15) is 0 Å². The van der Waals surface area contributed by atoms with Crippen LogP contribution in [-0.2, 0) is 6.42 Å². The van der Waals surface area contributed by atoms with E-state index in [1.165, 1.54) is 11.5 Å². The van der Waals surface area contributed by atoms with Gasteiger partial charge in [0.25, 0.3) is 0 Å². The molecule has 1 atom stereocenters. The molecule has 0 aromatic carbocycles. The minimum Gasteiger partial charge on any atom is -0.142 e. The van der Waals surface area contributed by atoms with Crippen LogP contribution in [-0.4, -0.2) is 19.8 Å². The molecule has 92 valence electrons. The van der Waals surface area contributed by atoms with Crippen LogP contribution in [0.2, 0.25) is 0 Å². The smallest absolute Gasteiger partial charge is 0.142 e. The van der Waals surface area contributed by atoms with E-state index in [0.29, 0.717) is 4.83 Å². The van der Waals surface area contributed by atoms with Gasteiger partial charge < -0.3 is 0 Å². The summed E-state index contributed by atoms with van der Waals surface area (Å²) in [4.78, 5) is 1.37. The second kappa shape index (κ2) is 5.97. The first-order valence-electron chi connectivity index (χ1n) is 5.55. The zero-order valence-corrected chi connectivity index (χ0v) is 12.9. The van der Waals surface area contributed by atoms with Gasteiger partial charge in [-0.1, -0.05) is 52.0 Å². The van der Waals surface area contributed by atoms with Crippen molar-refractivity contribution in [3.8, 4) is 9.88 Å².